The van der Waals surface area contributed by atoms with Crippen molar-refractivity contribution in [2.75, 3.05) is 68.3 Å². The minimum absolute atomic E-state index is 0.0333. The third-order valence-electron chi connectivity index (χ3n) is 17.5. The Kier molecular flexibility index (Phi) is 20.6. The van der Waals surface area contributed by atoms with Crippen molar-refractivity contribution >= 4 is 59.1 Å². The van der Waals surface area contributed by atoms with Gasteiger partial charge in [-0.05, 0) is 85.6 Å². The van der Waals surface area contributed by atoms with Crippen LogP contribution in [0.15, 0.2) is 179 Å². The molecule has 0 aromatic carbocycles. The van der Waals surface area contributed by atoms with Crippen LogP contribution < -0.4 is 16.0 Å². The molecule has 0 saturated carbocycles. The summed E-state index contributed by atoms with van der Waals surface area (Å²) in [5.41, 5.74) is 7.42. The van der Waals surface area contributed by atoms with Crippen LogP contribution in [0.4, 0.5) is 21.9 Å². The zero-order valence-electron chi connectivity index (χ0n) is 56.8. The first-order chi connectivity index (χ1) is 50.5. The van der Waals surface area contributed by atoms with Crippen molar-refractivity contribution in [1.82, 2.24) is 94.5 Å². The molecular formula is C71H72N22O11. The van der Waals surface area contributed by atoms with Crippen LogP contribution >= 0.6 is 0 Å². The zero-order valence-corrected chi connectivity index (χ0v) is 56.8. The SMILES string of the molecule is CC(C)C(=O)N1CC(n2cc(NC(=O)c3ccc(-c4cn[nH]c4)o3)c(-c3ccccn3)n2)C1.CC(C)C(=O)N1CC(n2cc(NC(=O)c3ccc(-c4cn[nH]c4)o3)c(-c3ccccn3)n2)C1.O=C(Nc1cn(C2CN(C(=O)N3CCCC3)C2)nc1-c1ccccn1)c1ccc(-c2cn[nH]c2)o1.O=CO. The van der Waals surface area contributed by atoms with Crippen molar-refractivity contribution in [2.24, 2.45) is 11.8 Å². The van der Waals surface area contributed by atoms with Gasteiger partial charge in [0, 0.05) is 120 Å². The fourth-order valence-electron chi connectivity index (χ4n) is 11.9. The number of H-pyrrole nitrogens is 3. The second-order valence-corrected chi connectivity index (χ2v) is 25.3. The van der Waals surface area contributed by atoms with Crippen LogP contribution in [0, 0.1) is 11.8 Å². The van der Waals surface area contributed by atoms with Gasteiger partial charge in [0.1, 0.15) is 34.4 Å². The first-order valence-corrected chi connectivity index (χ1v) is 33.5. The summed E-state index contributed by atoms with van der Waals surface area (Å²) in [6.45, 7) is 12.5. The summed E-state index contributed by atoms with van der Waals surface area (Å²) < 4.78 is 22.5. The van der Waals surface area contributed by atoms with Crippen molar-refractivity contribution in [1.29, 1.82) is 0 Å². The Bertz CT molecular complexity index is 4700. The van der Waals surface area contributed by atoms with Crippen LogP contribution in [-0.2, 0) is 14.4 Å². The summed E-state index contributed by atoms with van der Waals surface area (Å²) in [5.74, 6) is 1.13. The molecule has 104 heavy (non-hydrogen) atoms. The number of aromatic nitrogens is 15. The predicted molar refractivity (Wildman–Crippen MR) is 376 cm³/mol. The highest BCUT2D eigenvalue weighted by Gasteiger charge is 2.38. The maximum Gasteiger partial charge on any atom is 0.320 e. The van der Waals surface area contributed by atoms with Gasteiger partial charge in [-0.3, -0.25) is 73.1 Å². The minimum Gasteiger partial charge on any atom is -0.483 e. The number of carboxylic acid groups (broad SMARTS) is 1. The Balaban J connectivity index is 0.000000136. The van der Waals surface area contributed by atoms with E-state index in [9.17, 15) is 28.8 Å². The van der Waals surface area contributed by atoms with E-state index >= 15 is 0 Å². The van der Waals surface area contributed by atoms with Gasteiger partial charge in [-0.1, -0.05) is 45.9 Å². The molecule has 16 heterocycles. The highest BCUT2D eigenvalue weighted by Crippen LogP contribution is 2.35. The standard InChI is InChI=1S/C24H24N8O3.2C23H23N7O3.CH2O2/c33-23(21-7-6-20(35-21)16-11-26-27-12-16)28-19-15-32(29-22(19)18-5-1-2-8-25-18)17-13-31(14-17)24(34)30-9-3-4-10-30;2*1-14(2)23(32)29-11-16(12-29)30-13-18(21(28-30)17-5-3-4-8-24-17)27-22(31)20-7-6-19(33-20)15-9-25-26-10-15;2-1-3/h1-2,5-8,11-12,15,17H,3-4,9-10,13-14H2,(H,26,27)(H,28,33);2*3-10,13-14,16H,11-12H2,1-2H3,(H,25,26)(H,27,31);1H,(H,2,3). The van der Waals surface area contributed by atoms with E-state index in [4.69, 9.17) is 38.4 Å². The molecule has 7 N–H and O–H groups in total. The van der Waals surface area contributed by atoms with Gasteiger partial charge in [0.2, 0.25) is 11.8 Å². The second kappa shape index (κ2) is 31.0. The highest BCUT2D eigenvalue weighted by atomic mass is 16.4. The summed E-state index contributed by atoms with van der Waals surface area (Å²) in [6.07, 6.45) is 22.5. The Morgan fingerprint density at radius 3 is 1.06 bits per heavy atom. The van der Waals surface area contributed by atoms with Gasteiger partial charge < -0.3 is 53.9 Å². The number of aromatic amines is 3. The normalized spacial score (nSPS) is 14.2. The van der Waals surface area contributed by atoms with Crippen molar-refractivity contribution in [2.45, 2.75) is 58.7 Å². The second-order valence-electron chi connectivity index (χ2n) is 25.3. The van der Waals surface area contributed by atoms with E-state index < -0.39 is 17.7 Å². The topological polar surface area (TPSA) is 406 Å². The Morgan fingerprint density at radius 2 is 0.779 bits per heavy atom. The van der Waals surface area contributed by atoms with Crippen molar-refractivity contribution < 1.29 is 51.9 Å². The first-order valence-electron chi connectivity index (χ1n) is 33.5. The lowest BCUT2D eigenvalue weighted by atomic mass is 10.1. The number of nitrogens with zero attached hydrogens (tertiary/aromatic N) is 16. The molecule has 0 atom stereocenters. The molecule has 33 nitrogen and oxygen atoms in total. The number of rotatable bonds is 17. The van der Waals surface area contributed by atoms with Crippen LogP contribution in [0.3, 0.4) is 0 Å². The smallest absolute Gasteiger partial charge is 0.320 e. The van der Waals surface area contributed by atoms with Gasteiger partial charge in [0.25, 0.3) is 24.2 Å². The van der Waals surface area contributed by atoms with Crippen LogP contribution in [0.25, 0.3) is 68.1 Å². The molecule has 16 rings (SSSR count). The third-order valence-corrected chi connectivity index (χ3v) is 17.5. The number of hydrogen-bond donors (Lipinski definition) is 7. The molecule has 12 aromatic heterocycles. The molecule has 33 heteroatoms. The number of hydrogen-bond acceptors (Lipinski definition) is 19. The molecule has 532 valence electrons. The van der Waals surface area contributed by atoms with E-state index in [0.717, 1.165) is 42.6 Å². The first kappa shape index (κ1) is 69.1. The van der Waals surface area contributed by atoms with E-state index in [0.29, 0.717) is 108 Å². The monoisotopic (exact) mass is 1410 g/mol. The lowest BCUT2D eigenvalue weighted by Gasteiger charge is -2.41. The molecule has 7 amide bonds. The number of likely N-dealkylation sites (tertiary alicyclic amines) is 4. The van der Waals surface area contributed by atoms with Gasteiger partial charge in [0.15, 0.2) is 17.3 Å². The molecule has 12 aromatic rings. The number of furan rings is 3. The molecule has 0 unspecified atom stereocenters. The van der Waals surface area contributed by atoms with Crippen molar-refractivity contribution in [3.63, 3.8) is 0 Å². The Labute approximate surface area is 592 Å². The number of amides is 7. The van der Waals surface area contributed by atoms with E-state index in [1.807, 2.05) is 107 Å². The van der Waals surface area contributed by atoms with Crippen molar-refractivity contribution in [3.05, 3.63) is 183 Å². The van der Waals surface area contributed by atoms with Crippen molar-refractivity contribution in [3.8, 4) is 68.1 Å². The van der Waals surface area contributed by atoms with Gasteiger partial charge >= 0.3 is 6.03 Å². The summed E-state index contributed by atoms with van der Waals surface area (Å²) in [5, 5.41) is 49.6. The number of carbonyl (C=O) groups is 7. The van der Waals surface area contributed by atoms with Gasteiger partial charge in [-0.15, -0.1) is 0 Å². The van der Waals surface area contributed by atoms with Gasteiger partial charge in [-0.25, -0.2) is 4.79 Å². The Hall–Kier alpha value is -13.4. The average Bonchev–Trinajstić information content (AvgIpc) is 1.64. The van der Waals surface area contributed by atoms with Gasteiger partial charge in [-0.2, -0.15) is 30.6 Å². The highest BCUT2D eigenvalue weighted by molar-refractivity contribution is 6.06. The fourth-order valence-corrected chi connectivity index (χ4v) is 11.9. The van der Waals surface area contributed by atoms with Crippen LogP contribution in [0.2, 0.25) is 0 Å². The molecule has 0 bridgehead atoms. The Morgan fingerprint density at radius 1 is 0.462 bits per heavy atom. The van der Waals surface area contributed by atoms with E-state index in [2.05, 4.69) is 61.5 Å². The maximum atomic E-state index is 13.0. The van der Waals surface area contributed by atoms with Crippen LogP contribution in [-0.4, -0.2) is 194 Å². The number of urea groups is 1. The predicted octanol–water partition coefficient (Wildman–Crippen LogP) is 9.39. The molecule has 4 aliphatic heterocycles. The summed E-state index contributed by atoms with van der Waals surface area (Å²) >= 11 is 0. The minimum atomic E-state index is -0.397. The number of anilines is 3. The molecular weight excluding hydrogens is 1340 g/mol. The summed E-state index contributed by atoms with van der Waals surface area (Å²) in [6, 6.07) is 26.8. The molecule has 0 radical (unpaired) electrons. The van der Waals surface area contributed by atoms with E-state index in [-0.39, 0.29) is 71.6 Å². The quantitative estimate of drug-likeness (QED) is 0.0417. The van der Waals surface area contributed by atoms with Crippen LogP contribution in [0.1, 0.15) is 90.3 Å². The van der Waals surface area contributed by atoms with Crippen LogP contribution in [0.5, 0.6) is 0 Å². The zero-order chi connectivity index (χ0) is 72.4. The maximum absolute atomic E-state index is 13.0. The van der Waals surface area contributed by atoms with Gasteiger partial charge in [0.05, 0.1) is 87.6 Å². The van der Waals surface area contributed by atoms with E-state index in [1.54, 1.807) is 120 Å². The summed E-state index contributed by atoms with van der Waals surface area (Å²) in [4.78, 5) is 105. The largest absolute Gasteiger partial charge is 0.483 e. The molecule has 4 aliphatic rings. The molecule has 0 aliphatic carbocycles. The number of pyridine rings is 3. The third kappa shape index (κ3) is 15.5. The lowest BCUT2D eigenvalue weighted by Crippen LogP contribution is -2.54. The number of carbonyl (C=O) groups excluding carboxylic acids is 6. The fraction of sp³-hybridized carbons (Fsp3) is 0.268. The molecule has 4 saturated heterocycles. The lowest BCUT2D eigenvalue weighted by molar-refractivity contribution is -0.141. The molecule has 0 spiro atoms. The van der Waals surface area contributed by atoms with E-state index in [1.165, 1.54) is 0 Å². The average molecular weight is 1410 g/mol. The molecule has 4 fully saturated rings. The number of nitrogens with one attached hydrogen (secondary N) is 6. The summed E-state index contributed by atoms with van der Waals surface area (Å²) in [7, 11) is 0.